The molecule has 2 aliphatic rings. The highest BCUT2D eigenvalue weighted by Crippen LogP contribution is 2.40. The Kier molecular flexibility index (Phi) is 2.18. The molecule has 0 saturated carbocycles. The fourth-order valence-corrected chi connectivity index (χ4v) is 3.10. The van der Waals surface area contributed by atoms with Crippen LogP contribution in [0, 0.1) is 0 Å². The maximum atomic E-state index is 6.29. The van der Waals surface area contributed by atoms with Gasteiger partial charge in [-0.15, -0.1) is 0 Å². The summed E-state index contributed by atoms with van der Waals surface area (Å²) < 4.78 is 10.8. The van der Waals surface area contributed by atoms with Crippen LogP contribution in [-0.2, 0) is 12.8 Å². The number of halogens is 1. The van der Waals surface area contributed by atoms with Gasteiger partial charge in [-0.25, -0.2) is 4.98 Å². The summed E-state index contributed by atoms with van der Waals surface area (Å²) >= 11 is 6.29. The normalized spacial score (nSPS) is 16.9. The molecule has 1 aromatic carbocycles. The molecule has 0 fully saturated rings. The van der Waals surface area contributed by atoms with E-state index < -0.39 is 0 Å². The van der Waals surface area contributed by atoms with Gasteiger partial charge in [-0.05, 0) is 48.8 Å². The van der Waals surface area contributed by atoms with Crippen LogP contribution < -0.4 is 9.47 Å². The minimum atomic E-state index is 0.291. The number of hydrogen-bond acceptors (Lipinski definition) is 3. The minimum absolute atomic E-state index is 0.291. The van der Waals surface area contributed by atoms with Crippen LogP contribution in [0.15, 0.2) is 12.1 Å². The third kappa shape index (κ3) is 1.40. The second-order valence-electron chi connectivity index (χ2n) is 4.79. The zero-order valence-corrected chi connectivity index (χ0v) is 10.6. The second kappa shape index (κ2) is 3.75. The zero-order valence-electron chi connectivity index (χ0n) is 9.83. The van der Waals surface area contributed by atoms with Gasteiger partial charge in [0.1, 0.15) is 5.15 Å². The van der Waals surface area contributed by atoms with Crippen molar-refractivity contribution in [1.29, 1.82) is 0 Å². The molecule has 4 rings (SSSR count). The standard InChI is InChI=1S/C14H12ClNO2/c15-14-10-6-13-12(17-7-18-13)5-9(10)8-3-1-2-4-11(8)16-14/h5-6H,1-4,7H2. The van der Waals surface area contributed by atoms with Crippen molar-refractivity contribution in [2.24, 2.45) is 0 Å². The maximum absolute atomic E-state index is 6.29. The second-order valence-corrected chi connectivity index (χ2v) is 5.14. The molecular weight excluding hydrogens is 250 g/mol. The van der Waals surface area contributed by atoms with Gasteiger partial charge in [-0.2, -0.15) is 0 Å². The number of aryl methyl sites for hydroxylation is 2. The molecule has 1 aliphatic carbocycles. The smallest absolute Gasteiger partial charge is 0.231 e. The molecule has 0 atom stereocenters. The molecule has 0 amide bonds. The van der Waals surface area contributed by atoms with Crippen molar-refractivity contribution in [1.82, 2.24) is 4.98 Å². The number of benzene rings is 1. The molecule has 2 heterocycles. The Morgan fingerprint density at radius 2 is 1.72 bits per heavy atom. The van der Waals surface area contributed by atoms with Crippen LogP contribution in [0.5, 0.6) is 11.5 Å². The lowest BCUT2D eigenvalue weighted by Gasteiger charge is -2.18. The van der Waals surface area contributed by atoms with Gasteiger partial charge in [-0.3, -0.25) is 0 Å². The predicted molar refractivity (Wildman–Crippen MR) is 69.5 cm³/mol. The molecule has 0 N–H and O–H groups in total. The van der Waals surface area contributed by atoms with Gasteiger partial charge in [0, 0.05) is 11.1 Å². The Labute approximate surface area is 110 Å². The Bertz CT molecular complexity index is 654. The molecule has 0 spiro atoms. The number of pyridine rings is 1. The zero-order chi connectivity index (χ0) is 12.1. The van der Waals surface area contributed by atoms with Gasteiger partial charge in [0.15, 0.2) is 11.5 Å². The van der Waals surface area contributed by atoms with E-state index in [1.165, 1.54) is 23.8 Å². The number of fused-ring (bicyclic) bond motifs is 4. The van der Waals surface area contributed by atoms with Crippen LogP contribution in [-0.4, -0.2) is 11.8 Å². The molecule has 0 bridgehead atoms. The Balaban J connectivity index is 2.07. The fourth-order valence-electron chi connectivity index (χ4n) is 2.84. The van der Waals surface area contributed by atoms with E-state index in [0.717, 1.165) is 35.4 Å². The Hall–Kier alpha value is -1.48. The van der Waals surface area contributed by atoms with Crippen LogP contribution in [0.2, 0.25) is 5.15 Å². The van der Waals surface area contributed by atoms with Crippen molar-refractivity contribution in [2.75, 3.05) is 6.79 Å². The third-order valence-electron chi connectivity index (χ3n) is 3.73. The van der Waals surface area contributed by atoms with Gasteiger partial charge in [0.2, 0.25) is 6.79 Å². The number of hydrogen-bond donors (Lipinski definition) is 0. The molecule has 2 aromatic rings. The largest absolute Gasteiger partial charge is 0.454 e. The molecular formula is C14H12ClNO2. The Morgan fingerprint density at radius 3 is 2.56 bits per heavy atom. The molecule has 0 radical (unpaired) electrons. The lowest BCUT2D eigenvalue weighted by molar-refractivity contribution is 0.174. The lowest BCUT2D eigenvalue weighted by Crippen LogP contribution is -2.06. The fraction of sp³-hybridized carbons (Fsp3) is 0.357. The van der Waals surface area contributed by atoms with Gasteiger partial charge >= 0.3 is 0 Å². The van der Waals surface area contributed by atoms with E-state index >= 15 is 0 Å². The SMILES string of the molecule is Clc1nc2c(c3cc4c(cc13)OCO4)CCCC2. The summed E-state index contributed by atoms with van der Waals surface area (Å²) in [6.07, 6.45) is 4.53. The molecule has 1 aliphatic heterocycles. The maximum Gasteiger partial charge on any atom is 0.231 e. The first-order valence-electron chi connectivity index (χ1n) is 6.23. The molecule has 0 saturated heterocycles. The van der Waals surface area contributed by atoms with Crippen molar-refractivity contribution in [2.45, 2.75) is 25.7 Å². The molecule has 4 heteroatoms. The predicted octanol–water partition coefficient (Wildman–Crippen LogP) is 3.50. The van der Waals surface area contributed by atoms with Crippen molar-refractivity contribution >= 4 is 22.4 Å². The highest BCUT2D eigenvalue weighted by Gasteiger charge is 2.21. The lowest BCUT2D eigenvalue weighted by atomic mass is 9.92. The average molecular weight is 262 g/mol. The van der Waals surface area contributed by atoms with E-state index in [2.05, 4.69) is 11.1 Å². The monoisotopic (exact) mass is 261 g/mol. The van der Waals surface area contributed by atoms with Crippen molar-refractivity contribution in [3.8, 4) is 11.5 Å². The van der Waals surface area contributed by atoms with E-state index in [9.17, 15) is 0 Å². The summed E-state index contributed by atoms with van der Waals surface area (Å²) in [5, 5.41) is 2.72. The average Bonchev–Trinajstić information content (AvgIpc) is 2.84. The number of ether oxygens (including phenoxy) is 2. The van der Waals surface area contributed by atoms with Crippen LogP contribution >= 0.6 is 11.6 Å². The summed E-state index contributed by atoms with van der Waals surface area (Å²) in [6.45, 7) is 0.291. The quantitative estimate of drug-likeness (QED) is 0.680. The molecule has 18 heavy (non-hydrogen) atoms. The van der Waals surface area contributed by atoms with Crippen molar-refractivity contribution < 1.29 is 9.47 Å². The minimum Gasteiger partial charge on any atom is -0.454 e. The van der Waals surface area contributed by atoms with Crippen LogP contribution in [0.4, 0.5) is 0 Å². The van der Waals surface area contributed by atoms with Crippen molar-refractivity contribution in [3.05, 3.63) is 28.5 Å². The summed E-state index contributed by atoms with van der Waals surface area (Å²) in [7, 11) is 0. The summed E-state index contributed by atoms with van der Waals surface area (Å²) in [5.41, 5.74) is 2.48. The number of aromatic nitrogens is 1. The van der Waals surface area contributed by atoms with Gasteiger partial charge < -0.3 is 9.47 Å². The van der Waals surface area contributed by atoms with E-state index in [0.29, 0.717) is 11.9 Å². The number of rotatable bonds is 0. The van der Waals surface area contributed by atoms with Crippen LogP contribution in [0.25, 0.3) is 10.8 Å². The third-order valence-corrected chi connectivity index (χ3v) is 4.02. The topological polar surface area (TPSA) is 31.4 Å². The summed E-state index contributed by atoms with van der Waals surface area (Å²) in [4.78, 5) is 4.54. The molecule has 3 nitrogen and oxygen atoms in total. The highest BCUT2D eigenvalue weighted by atomic mass is 35.5. The highest BCUT2D eigenvalue weighted by molar-refractivity contribution is 6.34. The van der Waals surface area contributed by atoms with E-state index in [1.54, 1.807) is 0 Å². The van der Waals surface area contributed by atoms with Crippen molar-refractivity contribution in [3.63, 3.8) is 0 Å². The van der Waals surface area contributed by atoms with Gasteiger partial charge in [-0.1, -0.05) is 11.6 Å². The molecule has 0 unspecified atom stereocenters. The number of nitrogens with zero attached hydrogens (tertiary/aromatic N) is 1. The first kappa shape index (κ1) is 10.4. The van der Waals surface area contributed by atoms with E-state index in [1.807, 2.05) is 6.07 Å². The van der Waals surface area contributed by atoms with E-state index in [4.69, 9.17) is 21.1 Å². The Morgan fingerprint density at radius 1 is 1.00 bits per heavy atom. The van der Waals surface area contributed by atoms with Gasteiger partial charge in [0.25, 0.3) is 0 Å². The van der Waals surface area contributed by atoms with Crippen LogP contribution in [0.1, 0.15) is 24.1 Å². The summed E-state index contributed by atoms with van der Waals surface area (Å²) in [5.74, 6) is 1.58. The molecule has 92 valence electrons. The van der Waals surface area contributed by atoms with Crippen LogP contribution in [0.3, 0.4) is 0 Å². The van der Waals surface area contributed by atoms with Gasteiger partial charge in [0.05, 0.1) is 0 Å². The first-order chi connectivity index (χ1) is 8.83. The first-order valence-corrected chi connectivity index (χ1v) is 6.61. The summed E-state index contributed by atoms with van der Waals surface area (Å²) in [6, 6.07) is 4.00. The van der Waals surface area contributed by atoms with E-state index in [-0.39, 0.29) is 0 Å². The molecule has 1 aromatic heterocycles.